The number of nitrogens with zero attached hydrogens (tertiary/aromatic N) is 4. The smallest absolute Gasteiger partial charge is 0.256 e. The predicted octanol–water partition coefficient (Wildman–Crippen LogP) is 2.06. The maximum atomic E-state index is 12.4. The van der Waals surface area contributed by atoms with E-state index in [1.807, 2.05) is 25.1 Å². The second-order valence-electron chi connectivity index (χ2n) is 6.24. The molecule has 0 aliphatic rings. The summed E-state index contributed by atoms with van der Waals surface area (Å²) >= 11 is 0. The van der Waals surface area contributed by atoms with Crippen molar-refractivity contribution >= 4 is 34.1 Å². The molecule has 0 bridgehead atoms. The highest BCUT2D eigenvalue weighted by atomic mass is 16.1. The molecule has 1 aromatic carbocycles. The normalized spacial score (nSPS) is 10.6. The Balaban J connectivity index is 1.81. The summed E-state index contributed by atoms with van der Waals surface area (Å²) in [4.78, 5) is 21.2. The molecule has 0 fully saturated rings. The van der Waals surface area contributed by atoms with Crippen molar-refractivity contribution in [3.63, 3.8) is 0 Å². The van der Waals surface area contributed by atoms with Crippen molar-refractivity contribution in [1.29, 1.82) is 0 Å². The molecule has 0 saturated carbocycles. The minimum Gasteiger partial charge on any atom is -0.369 e. The first kappa shape index (κ1) is 19.4. The van der Waals surface area contributed by atoms with Gasteiger partial charge < -0.3 is 21.7 Å². The van der Waals surface area contributed by atoms with Crippen LogP contribution in [0.2, 0.25) is 0 Å². The molecule has 0 radical (unpaired) electrons. The number of nitrogens with one attached hydrogen (secondary N) is 3. The fraction of sp³-hybridized carbons (Fsp3) is 0.316. The Morgan fingerprint density at radius 3 is 2.71 bits per heavy atom. The maximum absolute atomic E-state index is 12.4. The Bertz CT molecular complexity index is 946. The fourth-order valence-corrected chi connectivity index (χ4v) is 2.59. The molecule has 2 aromatic heterocycles. The van der Waals surface area contributed by atoms with Gasteiger partial charge in [0.1, 0.15) is 11.4 Å². The molecule has 0 unspecified atom stereocenters. The number of rotatable bonds is 9. The zero-order valence-electron chi connectivity index (χ0n) is 15.8. The number of benzene rings is 1. The van der Waals surface area contributed by atoms with E-state index >= 15 is 0 Å². The van der Waals surface area contributed by atoms with Crippen molar-refractivity contribution in [1.82, 2.24) is 25.5 Å². The van der Waals surface area contributed by atoms with E-state index < -0.39 is 0 Å². The monoisotopic (exact) mass is 380 g/mol. The third kappa shape index (κ3) is 4.89. The highest BCUT2D eigenvalue weighted by Crippen LogP contribution is 2.21. The number of anilines is 3. The minimum atomic E-state index is -0.220. The molecular weight excluding hydrogens is 356 g/mol. The summed E-state index contributed by atoms with van der Waals surface area (Å²) in [6.45, 7) is 3.79. The second-order valence-corrected chi connectivity index (χ2v) is 6.24. The largest absolute Gasteiger partial charge is 0.369 e. The predicted molar refractivity (Wildman–Crippen MR) is 110 cm³/mol. The zero-order chi connectivity index (χ0) is 19.8. The summed E-state index contributed by atoms with van der Waals surface area (Å²) in [6.07, 6.45) is 6.56. The molecule has 1 amide bonds. The molecule has 146 valence electrons. The van der Waals surface area contributed by atoms with Crippen LogP contribution in [0, 0.1) is 0 Å². The van der Waals surface area contributed by atoms with Crippen molar-refractivity contribution < 1.29 is 4.79 Å². The van der Waals surface area contributed by atoms with Crippen LogP contribution < -0.4 is 21.7 Å². The summed E-state index contributed by atoms with van der Waals surface area (Å²) < 4.78 is 0. The number of fused-ring (bicyclic) bond motifs is 1. The van der Waals surface area contributed by atoms with E-state index in [0.29, 0.717) is 37.0 Å². The topological polar surface area (TPSA) is 131 Å². The first-order chi connectivity index (χ1) is 13.7. The SMILES string of the molecule is CCCNc1nc(Nc2ccc3cnncc3c2)ncc1C(=O)NCCCN. The van der Waals surface area contributed by atoms with Gasteiger partial charge in [-0.3, -0.25) is 4.79 Å². The van der Waals surface area contributed by atoms with Gasteiger partial charge in [-0.2, -0.15) is 15.2 Å². The molecule has 3 rings (SSSR count). The molecule has 2 heterocycles. The average molecular weight is 380 g/mol. The van der Waals surface area contributed by atoms with Crippen LogP contribution in [0.4, 0.5) is 17.5 Å². The lowest BCUT2D eigenvalue weighted by Gasteiger charge is -2.13. The van der Waals surface area contributed by atoms with Gasteiger partial charge in [-0.25, -0.2) is 4.98 Å². The van der Waals surface area contributed by atoms with E-state index in [4.69, 9.17) is 5.73 Å². The van der Waals surface area contributed by atoms with E-state index in [9.17, 15) is 4.79 Å². The van der Waals surface area contributed by atoms with Crippen LogP contribution in [-0.4, -0.2) is 45.7 Å². The lowest BCUT2D eigenvalue weighted by Crippen LogP contribution is -2.27. The van der Waals surface area contributed by atoms with Gasteiger partial charge in [0.05, 0.1) is 12.4 Å². The van der Waals surface area contributed by atoms with Gasteiger partial charge in [0.25, 0.3) is 5.91 Å². The number of carbonyl (C=O) groups excluding carboxylic acids is 1. The van der Waals surface area contributed by atoms with Crippen LogP contribution in [0.3, 0.4) is 0 Å². The number of nitrogens with two attached hydrogens (primary N) is 1. The molecule has 5 N–H and O–H groups in total. The standard InChI is InChI=1S/C19H24N8O/c1-2-7-21-17-16(18(28)22-8-3-6-20)12-23-19(27-17)26-15-5-4-13-10-24-25-11-14(13)9-15/h4-5,9-12H,2-3,6-8,20H2,1H3,(H,22,28)(H2,21,23,26,27). The van der Waals surface area contributed by atoms with Crippen LogP contribution in [0.15, 0.2) is 36.8 Å². The second kappa shape index (κ2) is 9.56. The lowest BCUT2D eigenvalue weighted by molar-refractivity contribution is 0.0953. The van der Waals surface area contributed by atoms with Crippen LogP contribution in [0.5, 0.6) is 0 Å². The van der Waals surface area contributed by atoms with Gasteiger partial charge >= 0.3 is 0 Å². The Morgan fingerprint density at radius 1 is 1.11 bits per heavy atom. The Kier molecular flexibility index (Phi) is 6.64. The van der Waals surface area contributed by atoms with E-state index in [1.54, 1.807) is 12.4 Å². The molecular formula is C19H24N8O. The van der Waals surface area contributed by atoms with Crippen molar-refractivity contribution in [3.8, 4) is 0 Å². The number of hydrogen-bond donors (Lipinski definition) is 4. The molecule has 0 aliphatic heterocycles. The van der Waals surface area contributed by atoms with E-state index in [-0.39, 0.29) is 5.91 Å². The summed E-state index contributed by atoms with van der Waals surface area (Å²) in [7, 11) is 0. The van der Waals surface area contributed by atoms with Gasteiger partial charge in [-0.05, 0) is 31.5 Å². The van der Waals surface area contributed by atoms with E-state index in [1.165, 1.54) is 6.20 Å². The Hall–Kier alpha value is -3.33. The number of amides is 1. The van der Waals surface area contributed by atoms with Crippen LogP contribution in [-0.2, 0) is 0 Å². The van der Waals surface area contributed by atoms with Gasteiger partial charge in [-0.15, -0.1) is 0 Å². The number of aromatic nitrogens is 4. The molecule has 9 heteroatoms. The van der Waals surface area contributed by atoms with Crippen LogP contribution in [0.25, 0.3) is 10.8 Å². The third-order valence-corrected chi connectivity index (χ3v) is 4.05. The molecule has 3 aromatic rings. The summed E-state index contributed by atoms with van der Waals surface area (Å²) in [5.41, 5.74) is 6.70. The molecule has 0 atom stereocenters. The van der Waals surface area contributed by atoms with Crippen molar-refractivity contribution in [2.45, 2.75) is 19.8 Å². The highest BCUT2D eigenvalue weighted by Gasteiger charge is 2.14. The summed E-state index contributed by atoms with van der Waals surface area (Å²) in [5.74, 6) is 0.678. The van der Waals surface area contributed by atoms with Crippen molar-refractivity contribution in [2.75, 3.05) is 30.3 Å². The highest BCUT2D eigenvalue weighted by molar-refractivity contribution is 5.98. The zero-order valence-corrected chi connectivity index (χ0v) is 15.8. The van der Waals surface area contributed by atoms with E-state index in [2.05, 4.69) is 36.1 Å². The summed E-state index contributed by atoms with van der Waals surface area (Å²) in [6, 6.07) is 5.81. The van der Waals surface area contributed by atoms with Crippen LogP contribution >= 0.6 is 0 Å². The number of hydrogen-bond acceptors (Lipinski definition) is 8. The van der Waals surface area contributed by atoms with Crippen LogP contribution in [0.1, 0.15) is 30.1 Å². The lowest BCUT2D eigenvalue weighted by atomic mass is 10.2. The van der Waals surface area contributed by atoms with Gasteiger partial charge in [0.2, 0.25) is 5.95 Å². The first-order valence-corrected chi connectivity index (χ1v) is 9.28. The third-order valence-electron chi connectivity index (χ3n) is 4.05. The van der Waals surface area contributed by atoms with Gasteiger partial charge in [0, 0.05) is 35.7 Å². The maximum Gasteiger partial charge on any atom is 0.256 e. The fourth-order valence-electron chi connectivity index (χ4n) is 2.59. The minimum absolute atomic E-state index is 0.220. The molecule has 9 nitrogen and oxygen atoms in total. The molecule has 0 saturated heterocycles. The Morgan fingerprint density at radius 2 is 1.93 bits per heavy atom. The van der Waals surface area contributed by atoms with Gasteiger partial charge in [0.15, 0.2) is 0 Å². The number of carbonyl (C=O) groups is 1. The quantitative estimate of drug-likeness (QED) is 0.415. The average Bonchev–Trinajstić information content (AvgIpc) is 2.72. The van der Waals surface area contributed by atoms with Crippen molar-refractivity contribution in [3.05, 3.63) is 42.4 Å². The van der Waals surface area contributed by atoms with Crippen molar-refractivity contribution in [2.24, 2.45) is 5.73 Å². The van der Waals surface area contributed by atoms with Gasteiger partial charge in [-0.1, -0.05) is 13.0 Å². The Labute approximate surface area is 163 Å². The molecule has 0 spiro atoms. The summed E-state index contributed by atoms with van der Waals surface area (Å²) in [5, 5.41) is 18.9. The first-order valence-electron chi connectivity index (χ1n) is 9.28. The van der Waals surface area contributed by atoms with E-state index in [0.717, 1.165) is 29.3 Å². The molecule has 0 aliphatic carbocycles. The molecule has 28 heavy (non-hydrogen) atoms.